The van der Waals surface area contributed by atoms with Gasteiger partial charge in [-0.3, -0.25) is 0 Å². The Bertz CT molecular complexity index is 403. The summed E-state index contributed by atoms with van der Waals surface area (Å²) in [7, 11) is 0. The number of rotatable bonds is 4. The maximum absolute atomic E-state index is 10.8. The van der Waals surface area contributed by atoms with Crippen LogP contribution in [0.4, 0.5) is 0 Å². The van der Waals surface area contributed by atoms with Crippen LogP contribution in [-0.4, -0.2) is 40.1 Å². The van der Waals surface area contributed by atoms with E-state index in [4.69, 9.17) is 5.11 Å². The number of hydrogen-bond donors (Lipinski definition) is 1. The Hall–Kier alpha value is -0.940. The Kier molecular flexibility index (Phi) is 3.79. The second kappa shape index (κ2) is 5.14. The molecule has 1 N–H and O–H groups in total. The van der Waals surface area contributed by atoms with Gasteiger partial charge in [-0.25, -0.2) is 9.78 Å². The molecule has 0 radical (unpaired) electrons. The molecule has 1 aromatic rings. The third-order valence-electron chi connectivity index (χ3n) is 3.28. The van der Waals surface area contributed by atoms with Crippen molar-refractivity contribution < 1.29 is 9.90 Å². The summed E-state index contributed by atoms with van der Waals surface area (Å²) in [5, 5.41) is 9.79. The van der Waals surface area contributed by atoms with Gasteiger partial charge in [0.25, 0.3) is 0 Å². The zero-order valence-electron chi connectivity index (χ0n) is 10.2. The summed E-state index contributed by atoms with van der Waals surface area (Å²) >= 11 is 1.31. The minimum Gasteiger partial charge on any atom is -0.477 e. The summed E-state index contributed by atoms with van der Waals surface area (Å²) in [5.41, 5.74) is 0. The number of aromatic carboxylic acids is 1. The van der Waals surface area contributed by atoms with Gasteiger partial charge in [-0.2, -0.15) is 0 Å². The largest absolute Gasteiger partial charge is 0.477 e. The number of nitrogens with zero attached hydrogens (tertiary/aromatic N) is 2. The highest BCUT2D eigenvalue weighted by Gasteiger charge is 2.25. The Morgan fingerprint density at radius 1 is 1.71 bits per heavy atom. The van der Waals surface area contributed by atoms with Gasteiger partial charge < -0.3 is 10.0 Å². The van der Waals surface area contributed by atoms with Crippen LogP contribution in [0.25, 0.3) is 0 Å². The van der Waals surface area contributed by atoms with Gasteiger partial charge in [0.05, 0.1) is 11.2 Å². The molecule has 1 unspecified atom stereocenters. The molecule has 4 nitrogen and oxygen atoms in total. The van der Waals surface area contributed by atoms with E-state index in [1.165, 1.54) is 24.0 Å². The first-order chi connectivity index (χ1) is 8.06. The fraction of sp³-hybridized carbons (Fsp3) is 0.667. The van der Waals surface area contributed by atoms with Crippen molar-refractivity contribution in [1.82, 2.24) is 9.88 Å². The molecule has 1 aliphatic rings. The zero-order valence-corrected chi connectivity index (χ0v) is 11.0. The van der Waals surface area contributed by atoms with E-state index in [1.807, 2.05) is 0 Å². The highest BCUT2D eigenvalue weighted by Crippen LogP contribution is 2.24. The molecule has 17 heavy (non-hydrogen) atoms. The van der Waals surface area contributed by atoms with Gasteiger partial charge in [0.2, 0.25) is 0 Å². The van der Waals surface area contributed by atoms with Crippen molar-refractivity contribution in [3.8, 4) is 0 Å². The minimum atomic E-state index is -0.871. The monoisotopic (exact) mass is 254 g/mol. The van der Waals surface area contributed by atoms with Crippen LogP contribution in [0.5, 0.6) is 0 Å². The lowest BCUT2D eigenvalue weighted by Gasteiger charge is -2.19. The van der Waals surface area contributed by atoms with Crippen LogP contribution >= 0.6 is 11.3 Å². The third kappa shape index (κ3) is 3.04. The molecule has 0 spiro atoms. The zero-order chi connectivity index (χ0) is 12.4. The van der Waals surface area contributed by atoms with Crippen molar-refractivity contribution in [2.45, 2.75) is 32.7 Å². The van der Waals surface area contributed by atoms with E-state index in [2.05, 4.69) is 23.7 Å². The maximum atomic E-state index is 10.8. The Labute approximate surface area is 105 Å². The lowest BCUT2D eigenvalue weighted by Crippen LogP contribution is -2.28. The summed E-state index contributed by atoms with van der Waals surface area (Å²) in [6, 6.07) is 0.603. The second-order valence-electron chi connectivity index (χ2n) is 4.87. The highest BCUT2D eigenvalue weighted by molar-refractivity contribution is 7.13. The summed E-state index contributed by atoms with van der Waals surface area (Å²) in [4.78, 5) is 17.8. The molecule has 2 rings (SSSR count). The molecule has 1 aromatic heterocycles. The van der Waals surface area contributed by atoms with E-state index < -0.39 is 5.97 Å². The van der Waals surface area contributed by atoms with Crippen molar-refractivity contribution in [3.63, 3.8) is 0 Å². The molecule has 2 heterocycles. The molecule has 5 heteroatoms. The lowest BCUT2D eigenvalue weighted by molar-refractivity contribution is 0.0702. The van der Waals surface area contributed by atoms with Crippen LogP contribution in [0.15, 0.2) is 6.20 Å². The summed E-state index contributed by atoms with van der Waals surface area (Å²) in [6.07, 6.45) is 3.58. The van der Waals surface area contributed by atoms with Crippen molar-refractivity contribution in [3.05, 3.63) is 16.1 Å². The summed E-state index contributed by atoms with van der Waals surface area (Å²) in [6.45, 7) is 6.70. The predicted molar refractivity (Wildman–Crippen MR) is 67.6 cm³/mol. The Balaban J connectivity index is 1.91. The molecular formula is C12H18N2O2S. The van der Waals surface area contributed by atoms with Crippen LogP contribution in [0.2, 0.25) is 0 Å². The van der Waals surface area contributed by atoms with Crippen LogP contribution in [0, 0.1) is 5.92 Å². The lowest BCUT2D eigenvalue weighted by atomic mass is 10.1. The van der Waals surface area contributed by atoms with Crippen LogP contribution in [0.1, 0.15) is 34.9 Å². The van der Waals surface area contributed by atoms with Crippen LogP contribution < -0.4 is 0 Å². The highest BCUT2D eigenvalue weighted by atomic mass is 32.1. The van der Waals surface area contributed by atoms with Gasteiger partial charge in [0.15, 0.2) is 0 Å². The van der Waals surface area contributed by atoms with E-state index in [1.54, 1.807) is 0 Å². The molecule has 1 fully saturated rings. The van der Waals surface area contributed by atoms with Crippen LogP contribution in [-0.2, 0) is 6.42 Å². The average molecular weight is 254 g/mol. The van der Waals surface area contributed by atoms with E-state index in [-0.39, 0.29) is 0 Å². The molecule has 1 saturated heterocycles. The van der Waals surface area contributed by atoms with Crippen molar-refractivity contribution >= 4 is 17.3 Å². The third-order valence-corrected chi connectivity index (χ3v) is 4.28. The van der Waals surface area contributed by atoms with E-state index in [0.29, 0.717) is 16.8 Å². The molecule has 1 atom stereocenters. The van der Waals surface area contributed by atoms with Crippen molar-refractivity contribution in [2.24, 2.45) is 5.92 Å². The maximum Gasteiger partial charge on any atom is 0.347 e. The van der Waals surface area contributed by atoms with Gasteiger partial charge in [-0.1, -0.05) is 0 Å². The topological polar surface area (TPSA) is 53.4 Å². The fourth-order valence-electron chi connectivity index (χ4n) is 2.25. The van der Waals surface area contributed by atoms with E-state index >= 15 is 0 Å². The summed E-state index contributed by atoms with van der Waals surface area (Å²) < 4.78 is 0. The van der Waals surface area contributed by atoms with Crippen molar-refractivity contribution in [2.75, 3.05) is 13.1 Å². The number of carboxylic acid groups (broad SMARTS) is 1. The number of hydrogen-bond acceptors (Lipinski definition) is 4. The van der Waals surface area contributed by atoms with Gasteiger partial charge in [0, 0.05) is 19.0 Å². The summed E-state index contributed by atoms with van der Waals surface area (Å²) in [5.74, 6) is -0.242. The normalized spacial score (nSPS) is 21.2. The van der Waals surface area contributed by atoms with E-state index in [9.17, 15) is 4.79 Å². The van der Waals surface area contributed by atoms with Crippen molar-refractivity contribution in [1.29, 1.82) is 0 Å². The molecular weight excluding hydrogens is 236 g/mol. The Morgan fingerprint density at radius 2 is 2.47 bits per heavy atom. The Morgan fingerprint density at radius 3 is 3.00 bits per heavy atom. The fourth-order valence-corrected chi connectivity index (χ4v) is 3.12. The molecule has 0 aromatic carbocycles. The number of carbonyl (C=O) groups is 1. The molecule has 0 aliphatic carbocycles. The second-order valence-corrected chi connectivity index (χ2v) is 5.99. The predicted octanol–water partition coefficient (Wildman–Crippen LogP) is 2.11. The molecule has 0 bridgehead atoms. The standard InChI is InChI=1S/C12H18N2O2S/c1-8(2)14-4-3-9(7-14)5-11-13-6-10(17-11)12(15)16/h6,8-9H,3-5,7H2,1-2H3,(H,15,16). The average Bonchev–Trinajstić information content (AvgIpc) is 2.87. The van der Waals surface area contributed by atoms with Gasteiger partial charge in [-0.15, -0.1) is 11.3 Å². The van der Waals surface area contributed by atoms with Gasteiger partial charge in [0.1, 0.15) is 4.88 Å². The minimum absolute atomic E-state index is 0.346. The molecule has 0 saturated carbocycles. The smallest absolute Gasteiger partial charge is 0.347 e. The van der Waals surface area contributed by atoms with Gasteiger partial charge in [-0.05, 0) is 32.7 Å². The quantitative estimate of drug-likeness (QED) is 0.894. The first kappa shape index (κ1) is 12.5. The SMILES string of the molecule is CC(C)N1CCC(Cc2ncc(C(=O)O)s2)C1. The number of thiazole rings is 1. The number of likely N-dealkylation sites (tertiary alicyclic amines) is 1. The molecule has 1 aliphatic heterocycles. The first-order valence-corrected chi connectivity index (χ1v) is 6.80. The molecule has 0 amide bonds. The first-order valence-electron chi connectivity index (χ1n) is 5.98. The van der Waals surface area contributed by atoms with E-state index in [0.717, 1.165) is 24.5 Å². The molecule has 94 valence electrons. The van der Waals surface area contributed by atoms with Gasteiger partial charge >= 0.3 is 5.97 Å². The van der Waals surface area contributed by atoms with Crippen LogP contribution in [0.3, 0.4) is 0 Å². The number of carboxylic acids is 1. The number of aromatic nitrogens is 1.